The average Bonchev–Trinajstić information content (AvgIpc) is 2.67. The number of aryl methyl sites for hydroxylation is 2. The zero-order valence-corrected chi connectivity index (χ0v) is 18.0. The number of likely N-dealkylation sites (tertiary alicyclic amines) is 1. The summed E-state index contributed by atoms with van der Waals surface area (Å²) in [6, 6.07) is 4.28. The molecule has 1 fully saturated rings. The van der Waals surface area contributed by atoms with Crippen molar-refractivity contribution >= 4 is 18.4 Å². The van der Waals surface area contributed by atoms with Crippen LogP contribution in [0.5, 0.6) is 0 Å². The predicted molar refractivity (Wildman–Crippen MR) is 113 cm³/mol. The van der Waals surface area contributed by atoms with E-state index in [0.29, 0.717) is 6.54 Å². The van der Waals surface area contributed by atoms with Crippen molar-refractivity contribution in [3.05, 3.63) is 23.4 Å². The van der Waals surface area contributed by atoms with Crippen LogP contribution in [-0.4, -0.2) is 59.3 Å². The zero-order valence-electron chi connectivity index (χ0n) is 18.0. The fraction of sp³-hybridized carbons (Fsp3) is 0.682. The van der Waals surface area contributed by atoms with E-state index in [4.69, 9.17) is 19.6 Å². The van der Waals surface area contributed by atoms with Gasteiger partial charge in [-0.2, -0.15) is 0 Å². The van der Waals surface area contributed by atoms with Gasteiger partial charge in [0.05, 0.1) is 0 Å². The molecular formula is C22H35N3O4. The second kappa shape index (κ2) is 11.1. The molecule has 29 heavy (non-hydrogen) atoms. The molecule has 1 saturated heterocycles. The fourth-order valence-electron chi connectivity index (χ4n) is 3.78. The molecule has 0 saturated carbocycles. The van der Waals surface area contributed by atoms with Gasteiger partial charge in [0.15, 0.2) is 0 Å². The number of piperidine rings is 1. The Labute approximate surface area is 174 Å². The SMILES string of the molecule is CC(C)(C)OC(=O)N1CCCc2ccc(CCCN3CCCCC3)nc21.O=CO. The van der Waals surface area contributed by atoms with Crippen LogP contribution in [0.1, 0.15) is 64.1 Å². The fourth-order valence-corrected chi connectivity index (χ4v) is 3.78. The van der Waals surface area contributed by atoms with E-state index in [1.54, 1.807) is 4.90 Å². The molecule has 162 valence electrons. The molecule has 7 heteroatoms. The number of hydrogen-bond acceptors (Lipinski definition) is 5. The Bertz CT molecular complexity index is 667. The Hall–Kier alpha value is -2.15. The number of aromatic nitrogens is 1. The van der Waals surface area contributed by atoms with Crippen LogP contribution in [0.3, 0.4) is 0 Å². The van der Waals surface area contributed by atoms with Crippen LogP contribution < -0.4 is 4.90 Å². The van der Waals surface area contributed by atoms with Crippen molar-refractivity contribution in [2.24, 2.45) is 0 Å². The van der Waals surface area contributed by atoms with E-state index in [1.165, 1.54) is 32.4 Å². The molecule has 0 atom stereocenters. The minimum Gasteiger partial charge on any atom is -0.483 e. The summed E-state index contributed by atoms with van der Waals surface area (Å²) in [4.78, 5) is 30.0. The second-order valence-corrected chi connectivity index (χ2v) is 8.63. The maximum absolute atomic E-state index is 12.6. The number of carbonyl (C=O) groups is 2. The van der Waals surface area contributed by atoms with Crippen LogP contribution in [0, 0.1) is 0 Å². The molecule has 0 unspecified atom stereocenters. The van der Waals surface area contributed by atoms with E-state index in [2.05, 4.69) is 17.0 Å². The van der Waals surface area contributed by atoms with E-state index in [-0.39, 0.29) is 12.6 Å². The summed E-state index contributed by atoms with van der Waals surface area (Å²) >= 11 is 0. The summed E-state index contributed by atoms with van der Waals surface area (Å²) < 4.78 is 5.57. The molecule has 1 aromatic heterocycles. The summed E-state index contributed by atoms with van der Waals surface area (Å²) in [5, 5.41) is 6.89. The van der Waals surface area contributed by atoms with Gasteiger partial charge in [-0.15, -0.1) is 0 Å². The number of carboxylic acid groups (broad SMARTS) is 1. The Kier molecular flexibility index (Phi) is 8.89. The van der Waals surface area contributed by atoms with Gasteiger partial charge in [-0.05, 0) is 90.6 Å². The molecule has 0 radical (unpaired) electrons. The van der Waals surface area contributed by atoms with E-state index < -0.39 is 5.60 Å². The molecule has 0 aromatic carbocycles. The molecule has 1 amide bonds. The number of fused-ring (bicyclic) bond motifs is 1. The van der Waals surface area contributed by atoms with Gasteiger partial charge in [0.1, 0.15) is 11.4 Å². The number of pyridine rings is 1. The van der Waals surface area contributed by atoms with Gasteiger partial charge < -0.3 is 14.7 Å². The lowest BCUT2D eigenvalue weighted by Gasteiger charge is -2.31. The quantitative estimate of drug-likeness (QED) is 0.765. The lowest BCUT2D eigenvalue weighted by molar-refractivity contribution is -0.122. The van der Waals surface area contributed by atoms with E-state index in [1.807, 2.05) is 20.8 Å². The van der Waals surface area contributed by atoms with Crippen LogP contribution in [0.15, 0.2) is 12.1 Å². The lowest BCUT2D eigenvalue weighted by Crippen LogP contribution is -2.40. The number of rotatable bonds is 4. The molecule has 1 aromatic rings. The number of anilines is 1. The normalized spacial score (nSPS) is 17.0. The highest BCUT2D eigenvalue weighted by molar-refractivity contribution is 5.88. The van der Waals surface area contributed by atoms with Crippen LogP contribution >= 0.6 is 0 Å². The summed E-state index contributed by atoms with van der Waals surface area (Å²) in [6.45, 7) is 9.77. The number of nitrogens with zero attached hydrogens (tertiary/aromatic N) is 3. The largest absolute Gasteiger partial charge is 0.483 e. The topological polar surface area (TPSA) is 83.0 Å². The standard InChI is InChI=1S/C21H33N3O2.CH2O2/c1-21(2,3)26-20(25)24-16-7-9-17-11-12-18(22-19(17)24)10-8-15-23-13-5-4-6-14-23;2-1-3/h11-12H,4-10,13-16H2,1-3H3;1H,(H,2,3). The molecular weight excluding hydrogens is 370 g/mol. The predicted octanol–water partition coefficient (Wildman–Crippen LogP) is 3.89. The maximum Gasteiger partial charge on any atom is 0.416 e. The molecule has 1 N–H and O–H groups in total. The van der Waals surface area contributed by atoms with Gasteiger partial charge in [0.25, 0.3) is 6.47 Å². The number of carbonyl (C=O) groups excluding carboxylic acids is 1. The van der Waals surface area contributed by atoms with Crippen molar-refractivity contribution in [1.82, 2.24) is 9.88 Å². The van der Waals surface area contributed by atoms with Crippen molar-refractivity contribution in [3.63, 3.8) is 0 Å². The molecule has 0 aliphatic carbocycles. The summed E-state index contributed by atoms with van der Waals surface area (Å²) in [6.07, 6.45) is 7.80. The Morgan fingerprint density at radius 1 is 1.17 bits per heavy atom. The van der Waals surface area contributed by atoms with Crippen LogP contribution in [0.25, 0.3) is 0 Å². The van der Waals surface area contributed by atoms with Gasteiger partial charge in [0, 0.05) is 12.2 Å². The third-order valence-electron chi connectivity index (χ3n) is 5.07. The minimum atomic E-state index is -0.485. The summed E-state index contributed by atoms with van der Waals surface area (Å²) in [5.41, 5.74) is 1.75. The highest BCUT2D eigenvalue weighted by Gasteiger charge is 2.28. The Morgan fingerprint density at radius 2 is 1.86 bits per heavy atom. The van der Waals surface area contributed by atoms with Crippen molar-refractivity contribution in [1.29, 1.82) is 0 Å². The van der Waals surface area contributed by atoms with E-state index in [9.17, 15) is 4.79 Å². The van der Waals surface area contributed by atoms with Gasteiger partial charge in [-0.25, -0.2) is 9.78 Å². The Balaban J connectivity index is 0.000000941. The summed E-state index contributed by atoms with van der Waals surface area (Å²) in [7, 11) is 0. The van der Waals surface area contributed by atoms with Crippen molar-refractivity contribution in [2.75, 3.05) is 31.1 Å². The van der Waals surface area contributed by atoms with E-state index >= 15 is 0 Å². The average molecular weight is 406 g/mol. The van der Waals surface area contributed by atoms with Gasteiger partial charge in [-0.1, -0.05) is 12.5 Å². The second-order valence-electron chi connectivity index (χ2n) is 8.63. The Morgan fingerprint density at radius 3 is 2.52 bits per heavy atom. The molecule has 0 spiro atoms. The van der Waals surface area contributed by atoms with Gasteiger partial charge >= 0.3 is 6.09 Å². The molecule has 2 aliphatic rings. The first-order valence-electron chi connectivity index (χ1n) is 10.6. The molecule has 7 nitrogen and oxygen atoms in total. The highest BCUT2D eigenvalue weighted by Crippen LogP contribution is 2.27. The van der Waals surface area contributed by atoms with Crippen molar-refractivity contribution in [2.45, 2.75) is 71.3 Å². The van der Waals surface area contributed by atoms with E-state index in [0.717, 1.165) is 49.3 Å². The number of ether oxygens (including phenoxy) is 1. The third kappa shape index (κ3) is 7.65. The van der Waals surface area contributed by atoms with Gasteiger partial charge in [0.2, 0.25) is 0 Å². The first-order valence-corrected chi connectivity index (χ1v) is 10.6. The molecule has 2 aliphatic heterocycles. The van der Waals surface area contributed by atoms with Crippen LogP contribution in [0.2, 0.25) is 0 Å². The highest BCUT2D eigenvalue weighted by atomic mass is 16.6. The molecule has 0 bridgehead atoms. The number of hydrogen-bond donors (Lipinski definition) is 1. The van der Waals surface area contributed by atoms with Crippen molar-refractivity contribution < 1.29 is 19.4 Å². The maximum atomic E-state index is 12.6. The van der Waals surface area contributed by atoms with Crippen LogP contribution in [0.4, 0.5) is 10.6 Å². The van der Waals surface area contributed by atoms with Gasteiger partial charge in [-0.3, -0.25) is 9.69 Å². The third-order valence-corrected chi connectivity index (χ3v) is 5.07. The van der Waals surface area contributed by atoms with Crippen LogP contribution in [-0.2, 0) is 22.4 Å². The first-order chi connectivity index (χ1) is 13.8. The summed E-state index contributed by atoms with van der Waals surface area (Å²) in [5.74, 6) is 0.806. The molecule has 3 heterocycles. The minimum absolute atomic E-state index is 0.250. The number of amides is 1. The molecule has 3 rings (SSSR count). The lowest BCUT2D eigenvalue weighted by atomic mass is 10.0. The monoisotopic (exact) mass is 405 g/mol. The first kappa shape index (κ1) is 23.1. The smallest absolute Gasteiger partial charge is 0.416 e. The zero-order chi connectivity index (χ0) is 21.3. The van der Waals surface area contributed by atoms with Crippen molar-refractivity contribution in [3.8, 4) is 0 Å².